The van der Waals surface area contributed by atoms with Crippen molar-refractivity contribution in [3.63, 3.8) is 0 Å². The molecule has 0 heterocycles. The molecule has 0 aliphatic rings. The second-order valence-corrected chi connectivity index (χ2v) is 25.3. The van der Waals surface area contributed by atoms with Crippen LogP contribution in [0.2, 0.25) is 0 Å². The van der Waals surface area contributed by atoms with Gasteiger partial charge in [0, 0.05) is 12.8 Å². The van der Waals surface area contributed by atoms with Crippen LogP contribution in [0.3, 0.4) is 0 Å². The zero-order chi connectivity index (χ0) is 57.1. The molecule has 0 bridgehead atoms. The summed E-state index contributed by atoms with van der Waals surface area (Å²) in [6.45, 7) is 5.00. The molecule has 0 aliphatic carbocycles. The highest BCUT2D eigenvalue weighted by atomic mass is 16.5. The third-order valence-corrected chi connectivity index (χ3v) is 17.3. The van der Waals surface area contributed by atoms with E-state index in [1.165, 1.54) is 347 Å². The first-order valence-electron chi connectivity index (χ1n) is 36.4. The molecule has 0 radical (unpaired) electrons. The number of nitrogens with one attached hydrogen (secondary N) is 1. The Kier molecular flexibility index (Phi) is 67.9. The van der Waals surface area contributed by atoms with Crippen molar-refractivity contribution in [2.24, 2.45) is 0 Å². The Morgan fingerprint density at radius 1 is 0.342 bits per heavy atom. The summed E-state index contributed by atoms with van der Waals surface area (Å²) >= 11 is 0. The minimum atomic E-state index is -0.664. The lowest BCUT2D eigenvalue weighted by Gasteiger charge is -2.22. The van der Waals surface area contributed by atoms with Crippen LogP contribution in [0.15, 0.2) is 12.2 Å². The average Bonchev–Trinajstić information content (AvgIpc) is 3.45. The Labute approximate surface area is 495 Å². The summed E-state index contributed by atoms with van der Waals surface area (Å²) < 4.78 is 5.51. The normalized spacial score (nSPS) is 12.5. The van der Waals surface area contributed by atoms with Gasteiger partial charge in [-0.3, -0.25) is 9.59 Å². The number of amides is 1. The summed E-state index contributed by atoms with van der Waals surface area (Å²) in [5.41, 5.74) is 0. The highest BCUT2D eigenvalue weighted by Gasteiger charge is 2.20. The standard InChI is InChI=1S/C73H143NO5/c1-3-5-7-9-11-13-15-17-19-21-31-35-39-43-47-51-55-59-63-67-73(78)79-68-64-60-56-52-48-44-40-36-33-30-28-26-24-22-23-25-27-29-32-34-38-42-46-50-54-58-62-66-72(77)74-70(69-75)71(76)65-61-57-53-49-45-41-37-20-18-16-14-12-10-8-6-4-2/h22-23,70-71,75-76H,3-21,24-69H2,1-2H3,(H,74,77)/b23-22-. The number of ether oxygens (including phenoxy) is 1. The van der Waals surface area contributed by atoms with Crippen molar-refractivity contribution in [3.8, 4) is 0 Å². The second-order valence-electron chi connectivity index (χ2n) is 25.3. The van der Waals surface area contributed by atoms with Crippen LogP contribution in [0.4, 0.5) is 0 Å². The van der Waals surface area contributed by atoms with Crippen LogP contribution in [-0.2, 0) is 14.3 Å². The Morgan fingerprint density at radius 2 is 0.595 bits per heavy atom. The van der Waals surface area contributed by atoms with Crippen molar-refractivity contribution in [3.05, 3.63) is 12.2 Å². The van der Waals surface area contributed by atoms with Crippen molar-refractivity contribution in [2.45, 2.75) is 431 Å². The molecule has 0 rings (SSSR count). The molecule has 0 aliphatic heterocycles. The maximum atomic E-state index is 12.5. The summed E-state index contributed by atoms with van der Waals surface area (Å²) in [7, 11) is 0. The highest BCUT2D eigenvalue weighted by Crippen LogP contribution is 2.19. The fraction of sp³-hybridized carbons (Fsp3) is 0.945. The second kappa shape index (κ2) is 69.1. The van der Waals surface area contributed by atoms with Gasteiger partial charge in [-0.25, -0.2) is 0 Å². The Hall–Kier alpha value is -1.40. The van der Waals surface area contributed by atoms with E-state index in [1.807, 2.05) is 0 Å². The summed E-state index contributed by atoms with van der Waals surface area (Å²) in [6.07, 6.45) is 85.5. The van der Waals surface area contributed by atoms with E-state index in [0.717, 1.165) is 38.5 Å². The van der Waals surface area contributed by atoms with E-state index in [9.17, 15) is 19.8 Å². The van der Waals surface area contributed by atoms with Crippen LogP contribution in [0.1, 0.15) is 418 Å². The molecule has 0 spiro atoms. The lowest BCUT2D eigenvalue weighted by molar-refractivity contribution is -0.143. The van der Waals surface area contributed by atoms with Gasteiger partial charge in [-0.2, -0.15) is 0 Å². The van der Waals surface area contributed by atoms with Crippen LogP contribution >= 0.6 is 0 Å². The van der Waals surface area contributed by atoms with E-state index in [1.54, 1.807) is 0 Å². The number of carbonyl (C=O) groups excluding carboxylic acids is 2. The Morgan fingerprint density at radius 3 is 0.899 bits per heavy atom. The average molecular weight is 1110 g/mol. The van der Waals surface area contributed by atoms with Gasteiger partial charge >= 0.3 is 5.97 Å². The van der Waals surface area contributed by atoms with E-state index in [0.29, 0.717) is 25.9 Å². The molecule has 0 saturated carbocycles. The van der Waals surface area contributed by atoms with E-state index in [-0.39, 0.29) is 18.5 Å². The number of rotatable bonds is 69. The highest BCUT2D eigenvalue weighted by molar-refractivity contribution is 5.76. The van der Waals surface area contributed by atoms with Crippen LogP contribution < -0.4 is 5.32 Å². The van der Waals surface area contributed by atoms with E-state index in [2.05, 4.69) is 31.3 Å². The minimum Gasteiger partial charge on any atom is -0.466 e. The zero-order valence-corrected chi connectivity index (χ0v) is 53.9. The molecule has 0 aromatic rings. The van der Waals surface area contributed by atoms with Crippen LogP contribution in [0.5, 0.6) is 0 Å². The maximum Gasteiger partial charge on any atom is 0.305 e. The van der Waals surface area contributed by atoms with Gasteiger partial charge in [-0.1, -0.05) is 366 Å². The summed E-state index contributed by atoms with van der Waals surface area (Å²) in [6, 6.07) is -0.542. The molecule has 0 aromatic carbocycles. The number of aliphatic hydroxyl groups excluding tert-OH is 2. The van der Waals surface area contributed by atoms with Gasteiger partial charge < -0.3 is 20.3 Å². The Bertz CT molecular complexity index is 1190. The van der Waals surface area contributed by atoms with E-state index < -0.39 is 12.1 Å². The molecule has 0 aromatic heterocycles. The summed E-state index contributed by atoms with van der Waals surface area (Å²) in [4.78, 5) is 24.6. The predicted molar refractivity (Wildman–Crippen MR) is 347 cm³/mol. The molecular formula is C73H143NO5. The molecule has 2 unspecified atom stereocenters. The number of carbonyl (C=O) groups is 2. The molecule has 6 heteroatoms. The van der Waals surface area contributed by atoms with Crippen molar-refractivity contribution < 1.29 is 24.5 Å². The number of hydrogen-bond acceptors (Lipinski definition) is 5. The van der Waals surface area contributed by atoms with Crippen molar-refractivity contribution in [1.82, 2.24) is 5.32 Å². The van der Waals surface area contributed by atoms with Gasteiger partial charge in [-0.05, 0) is 51.4 Å². The summed E-state index contributed by atoms with van der Waals surface area (Å²) in [5.74, 6) is -0.0110. The van der Waals surface area contributed by atoms with Crippen molar-refractivity contribution in [2.75, 3.05) is 13.2 Å². The number of unbranched alkanes of at least 4 members (excludes halogenated alkanes) is 56. The number of hydrogen-bond donors (Lipinski definition) is 3. The lowest BCUT2D eigenvalue weighted by atomic mass is 10.0. The molecular weight excluding hydrogens is 971 g/mol. The molecule has 1 amide bonds. The van der Waals surface area contributed by atoms with Gasteiger partial charge in [0.1, 0.15) is 0 Å². The van der Waals surface area contributed by atoms with E-state index in [4.69, 9.17) is 4.74 Å². The molecule has 79 heavy (non-hydrogen) atoms. The largest absolute Gasteiger partial charge is 0.466 e. The van der Waals surface area contributed by atoms with Crippen LogP contribution in [0, 0.1) is 0 Å². The van der Waals surface area contributed by atoms with Gasteiger partial charge in [0.2, 0.25) is 5.91 Å². The van der Waals surface area contributed by atoms with Crippen molar-refractivity contribution in [1.29, 1.82) is 0 Å². The molecule has 2 atom stereocenters. The van der Waals surface area contributed by atoms with Gasteiger partial charge in [0.05, 0.1) is 25.4 Å². The number of allylic oxidation sites excluding steroid dienone is 2. The fourth-order valence-corrected chi connectivity index (χ4v) is 11.8. The first kappa shape index (κ1) is 77.6. The molecule has 0 saturated heterocycles. The van der Waals surface area contributed by atoms with Gasteiger partial charge in [-0.15, -0.1) is 0 Å². The van der Waals surface area contributed by atoms with Gasteiger partial charge in [0.25, 0.3) is 0 Å². The molecule has 0 fully saturated rings. The van der Waals surface area contributed by atoms with Crippen LogP contribution in [-0.4, -0.2) is 47.4 Å². The first-order valence-corrected chi connectivity index (χ1v) is 36.4. The molecule has 6 nitrogen and oxygen atoms in total. The fourth-order valence-electron chi connectivity index (χ4n) is 11.8. The molecule has 470 valence electrons. The smallest absolute Gasteiger partial charge is 0.305 e. The number of esters is 1. The SMILES string of the molecule is CCCCCCCCCCCCCCCCCCCCCC(=O)OCCCCCCCCCCCCCC/C=C\CCCCCCCCCCCCCC(=O)NC(CO)C(O)CCCCCCCCCCCCCCCCCC. The molecule has 3 N–H and O–H groups in total. The summed E-state index contributed by atoms with van der Waals surface area (Å²) in [5, 5.41) is 23.4. The third kappa shape index (κ3) is 65.6. The van der Waals surface area contributed by atoms with Gasteiger partial charge in [0.15, 0.2) is 0 Å². The Balaban J connectivity index is 3.35. The minimum absolute atomic E-state index is 0.0211. The van der Waals surface area contributed by atoms with Crippen LogP contribution in [0.25, 0.3) is 0 Å². The number of aliphatic hydroxyl groups is 2. The van der Waals surface area contributed by atoms with Crippen molar-refractivity contribution >= 4 is 11.9 Å². The van der Waals surface area contributed by atoms with E-state index >= 15 is 0 Å². The topological polar surface area (TPSA) is 95.9 Å². The monoisotopic (exact) mass is 1110 g/mol. The zero-order valence-electron chi connectivity index (χ0n) is 53.9. The maximum absolute atomic E-state index is 12.5. The first-order chi connectivity index (χ1) is 39.0. The lowest BCUT2D eigenvalue weighted by Crippen LogP contribution is -2.45. The quantitative estimate of drug-likeness (QED) is 0.0320. The predicted octanol–water partition coefficient (Wildman–Crippen LogP) is 23.5. The third-order valence-electron chi connectivity index (χ3n) is 17.3.